The van der Waals surface area contributed by atoms with Gasteiger partial charge in [-0.15, -0.1) is 0 Å². The van der Waals surface area contributed by atoms with Crippen LogP contribution in [0.3, 0.4) is 0 Å². The number of aryl methyl sites for hydroxylation is 1. The summed E-state index contributed by atoms with van der Waals surface area (Å²) in [6, 6.07) is 17.8. The lowest BCUT2D eigenvalue weighted by Gasteiger charge is -2.12. The van der Waals surface area contributed by atoms with Gasteiger partial charge in [-0.25, -0.2) is 0 Å². The lowest BCUT2D eigenvalue weighted by molar-refractivity contribution is -0.137. The standard InChI is InChI=1S/C22H17F3N2O2/c1-14-10-11-18(13-19(14)21(29)26-17-8-3-2-4-9-17)27-20(28)15-6-5-7-16(12-15)22(23,24)25/h2-13H,1H3,(H,26,29)(H,27,28). The largest absolute Gasteiger partial charge is 0.416 e. The van der Waals surface area contributed by atoms with Crippen molar-refractivity contribution in [3.63, 3.8) is 0 Å². The van der Waals surface area contributed by atoms with E-state index in [0.717, 1.165) is 12.1 Å². The van der Waals surface area contributed by atoms with Crippen LogP contribution in [0.25, 0.3) is 0 Å². The summed E-state index contributed by atoms with van der Waals surface area (Å²) >= 11 is 0. The molecule has 0 atom stereocenters. The Kier molecular flexibility index (Phi) is 5.68. The summed E-state index contributed by atoms with van der Waals surface area (Å²) in [4.78, 5) is 24.9. The fourth-order valence-corrected chi connectivity index (χ4v) is 2.70. The van der Waals surface area contributed by atoms with Crippen LogP contribution in [0.4, 0.5) is 24.5 Å². The lowest BCUT2D eigenvalue weighted by atomic mass is 10.1. The van der Waals surface area contributed by atoms with Gasteiger partial charge < -0.3 is 10.6 Å². The van der Waals surface area contributed by atoms with E-state index in [1.807, 2.05) is 6.07 Å². The molecule has 0 aromatic heterocycles. The van der Waals surface area contributed by atoms with Crippen LogP contribution in [0, 0.1) is 6.92 Å². The van der Waals surface area contributed by atoms with Gasteiger partial charge in [0.2, 0.25) is 0 Å². The molecule has 148 valence electrons. The van der Waals surface area contributed by atoms with Gasteiger partial charge in [-0.2, -0.15) is 13.2 Å². The predicted octanol–water partition coefficient (Wildman–Crippen LogP) is 5.52. The van der Waals surface area contributed by atoms with Crippen LogP contribution in [0.2, 0.25) is 0 Å². The van der Waals surface area contributed by atoms with E-state index in [0.29, 0.717) is 22.5 Å². The minimum absolute atomic E-state index is 0.129. The fourth-order valence-electron chi connectivity index (χ4n) is 2.70. The number of halogens is 3. The van der Waals surface area contributed by atoms with Gasteiger partial charge in [0.1, 0.15) is 0 Å². The molecule has 0 aliphatic heterocycles. The number of nitrogens with one attached hydrogen (secondary N) is 2. The highest BCUT2D eigenvalue weighted by Crippen LogP contribution is 2.29. The number of alkyl halides is 3. The summed E-state index contributed by atoms with van der Waals surface area (Å²) in [5.74, 6) is -1.06. The first-order valence-electron chi connectivity index (χ1n) is 8.70. The predicted molar refractivity (Wildman–Crippen MR) is 105 cm³/mol. The maximum absolute atomic E-state index is 12.8. The minimum Gasteiger partial charge on any atom is -0.322 e. The quantitative estimate of drug-likeness (QED) is 0.608. The van der Waals surface area contributed by atoms with Crippen LogP contribution in [-0.2, 0) is 6.18 Å². The van der Waals surface area contributed by atoms with Gasteiger partial charge in [0.05, 0.1) is 5.56 Å². The molecule has 0 saturated carbocycles. The summed E-state index contributed by atoms with van der Waals surface area (Å²) in [5, 5.41) is 5.30. The Morgan fingerprint density at radius 3 is 2.14 bits per heavy atom. The first-order chi connectivity index (χ1) is 13.7. The number of rotatable bonds is 4. The zero-order chi connectivity index (χ0) is 21.0. The maximum atomic E-state index is 12.8. The molecule has 0 radical (unpaired) electrons. The normalized spacial score (nSPS) is 11.0. The number of anilines is 2. The minimum atomic E-state index is -4.54. The van der Waals surface area contributed by atoms with Crippen molar-refractivity contribution in [3.05, 3.63) is 95.1 Å². The molecule has 3 aromatic carbocycles. The monoisotopic (exact) mass is 398 g/mol. The highest BCUT2D eigenvalue weighted by Gasteiger charge is 2.30. The molecule has 7 heteroatoms. The van der Waals surface area contributed by atoms with Crippen molar-refractivity contribution in [2.45, 2.75) is 13.1 Å². The summed E-state index contributed by atoms with van der Waals surface area (Å²) in [6.45, 7) is 1.75. The van der Waals surface area contributed by atoms with Crippen molar-refractivity contribution in [2.75, 3.05) is 10.6 Å². The van der Waals surface area contributed by atoms with Gasteiger partial charge >= 0.3 is 6.18 Å². The Bertz CT molecular complexity index is 1050. The Balaban J connectivity index is 1.79. The average Bonchev–Trinajstić information content (AvgIpc) is 2.69. The third-order valence-corrected chi connectivity index (χ3v) is 4.22. The number of carbonyl (C=O) groups is 2. The molecule has 29 heavy (non-hydrogen) atoms. The van der Waals surface area contributed by atoms with Gasteiger partial charge in [0, 0.05) is 22.5 Å². The van der Waals surface area contributed by atoms with Gasteiger partial charge in [0.25, 0.3) is 11.8 Å². The molecule has 0 aliphatic rings. The first-order valence-corrected chi connectivity index (χ1v) is 8.70. The Morgan fingerprint density at radius 1 is 0.759 bits per heavy atom. The molecule has 0 saturated heterocycles. The highest BCUT2D eigenvalue weighted by atomic mass is 19.4. The van der Waals surface area contributed by atoms with Gasteiger partial charge in [0.15, 0.2) is 0 Å². The van der Waals surface area contributed by atoms with Gasteiger partial charge in [-0.3, -0.25) is 9.59 Å². The molecule has 4 nitrogen and oxygen atoms in total. The molecule has 0 spiro atoms. The molecule has 0 bridgehead atoms. The Hall–Kier alpha value is -3.61. The maximum Gasteiger partial charge on any atom is 0.416 e. The lowest BCUT2D eigenvalue weighted by Crippen LogP contribution is -2.16. The second-order valence-electron chi connectivity index (χ2n) is 6.38. The van der Waals surface area contributed by atoms with E-state index < -0.39 is 17.6 Å². The van der Waals surface area contributed by atoms with Crippen molar-refractivity contribution in [2.24, 2.45) is 0 Å². The van der Waals surface area contributed by atoms with Crippen LogP contribution in [0.5, 0.6) is 0 Å². The molecule has 0 unspecified atom stereocenters. The van der Waals surface area contributed by atoms with Crippen LogP contribution in [0.1, 0.15) is 31.8 Å². The van der Waals surface area contributed by atoms with Gasteiger partial charge in [-0.1, -0.05) is 30.3 Å². The third kappa shape index (κ3) is 5.01. The summed E-state index contributed by atoms with van der Waals surface area (Å²) < 4.78 is 38.5. The molecular weight excluding hydrogens is 381 g/mol. The summed E-state index contributed by atoms with van der Waals surface area (Å²) in [5.41, 5.74) is 0.922. The van der Waals surface area contributed by atoms with E-state index in [1.165, 1.54) is 18.2 Å². The summed E-state index contributed by atoms with van der Waals surface area (Å²) in [7, 11) is 0. The molecule has 0 fully saturated rings. The second kappa shape index (κ2) is 8.18. The van der Waals surface area contributed by atoms with Crippen LogP contribution in [0.15, 0.2) is 72.8 Å². The van der Waals surface area contributed by atoms with Crippen molar-refractivity contribution >= 4 is 23.2 Å². The van der Waals surface area contributed by atoms with E-state index in [2.05, 4.69) is 10.6 Å². The van der Waals surface area contributed by atoms with E-state index in [1.54, 1.807) is 43.3 Å². The molecule has 2 amide bonds. The molecule has 0 aliphatic carbocycles. The van der Waals surface area contributed by atoms with Crippen molar-refractivity contribution in [1.29, 1.82) is 0 Å². The average molecular weight is 398 g/mol. The number of amides is 2. The molecule has 0 heterocycles. The van der Waals surface area contributed by atoms with Gasteiger partial charge in [-0.05, 0) is 55.0 Å². The fraction of sp³-hybridized carbons (Fsp3) is 0.0909. The zero-order valence-electron chi connectivity index (χ0n) is 15.4. The third-order valence-electron chi connectivity index (χ3n) is 4.22. The number of hydrogen-bond donors (Lipinski definition) is 2. The van der Waals surface area contributed by atoms with Crippen LogP contribution in [-0.4, -0.2) is 11.8 Å². The molecule has 2 N–H and O–H groups in total. The zero-order valence-corrected chi connectivity index (χ0v) is 15.4. The molecular formula is C22H17F3N2O2. The first kappa shape index (κ1) is 20.1. The van der Waals surface area contributed by atoms with Crippen LogP contribution >= 0.6 is 0 Å². The number of para-hydroxylation sites is 1. The molecule has 3 aromatic rings. The topological polar surface area (TPSA) is 58.2 Å². The van der Waals surface area contributed by atoms with E-state index in [4.69, 9.17) is 0 Å². The van der Waals surface area contributed by atoms with E-state index >= 15 is 0 Å². The molecule has 3 rings (SSSR count). The van der Waals surface area contributed by atoms with Crippen molar-refractivity contribution < 1.29 is 22.8 Å². The SMILES string of the molecule is Cc1ccc(NC(=O)c2cccc(C(F)(F)F)c2)cc1C(=O)Nc1ccccc1. The van der Waals surface area contributed by atoms with Crippen molar-refractivity contribution in [1.82, 2.24) is 0 Å². The van der Waals surface area contributed by atoms with Crippen LogP contribution < -0.4 is 10.6 Å². The number of hydrogen-bond acceptors (Lipinski definition) is 2. The second-order valence-corrected chi connectivity index (χ2v) is 6.38. The number of benzene rings is 3. The Morgan fingerprint density at radius 2 is 1.45 bits per heavy atom. The Labute approximate surface area is 165 Å². The van der Waals surface area contributed by atoms with E-state index in [-0.39, 0.29) is 11.5 Å². The summed E-state index contributed by atoms with van der Waals surface area (Å²) in [6.07, 6.45) is -4.54. The smallest absolute Gasteiger partial charge is 0.322 e. The number of carbonyl (C=O) groups excluding carboxylic acids is 2. The van der Waals surface area contributed by atoms with E-state index in [9.17, 15) is 22.8 Å². The highest BCUT2D eigenvalue weighted by molar-refractivity contribution is 6.08. The van der Waals surface area contributed by atoms with Crippen molar-refractivity contribution in [3.8, 4) is 0 Å².